The smallest absolute Gasteiger partial charge is 0.306 e. The van der Waals surface area contributed by atoms with Gasteiger partial charge in [0.05, 0.1) is 17.4 Å². The van der Waals surface area contributed by atoms with Crippen LogP contribution >= 0.6 is 0 Å². The molecule has 1 atom stereocenters. The molecule has 2 aliphatic carbocycles. The number of hydrogen-bond acceptors (Lipinski definition) is 9. The molecule has 5 N–H and O–H groups in total. The summed E-state index contributed by atoms with van der Waals surface area (Å²) < 4.78 is 28.2. The third kappa shape index (κ3) is 6.09. The molecule has 0 bridgehead atoms. The van der Waals surface area contributed by atoms with Crippen LogP contribution in [0.1, 0.15) is 53.3 Å². The predicted molar refractivity (Wildman–Crippen MR) is 122 cm³/mol. The van der Waals surface area contributed by atoms with E-state index in [1.165, 1.54) is 18.3 Å². The van der Waals surface area contributed by atoms with Gasteiger partial charge in [-0.05, 0) is 56.7 Å². The molecule has 0 spiro atoms. The van der Waals surface area contributed by atoms with Crippen molar-refractivity contribution >= 4 is 39.4 Å². The first-order valence-electron chi connectivity index (χ1n) is 10.6. The highest BCUT2D eigenvalue weighted by molar-refractivity contribution is 7.86. The van der Waals surface area contributed by atoms with E-state index in [2.05, 4.69) is 25.9 Å². The summed E-state index contributed by atoms with van der Waals surface area (Å²) in [5.74, 6) is -0.142. The van der Waals surface area contributed by atoms with E-state index in [1.54, 1.807) is 6.07 Å². The second kappa shape index (κ2) is 8.85. The van der Waals surface area contributed by atoms with Crippen LogP contribution in [0.4, 0.5) is 17.5 Å². The van der Waals surface area contributed by atoms with Crippen LogP contribution < -0.4 is 25.9 Å². The van der Waals surface area contributed by atoms with Crippen LogP contribution in [-0.4, -0.2) is 48.5 Å². The van der Waals surface area contributed by atoms with E-state index in [4.69, 9.17) is 9.92 Å². The molecular formula is C21H26N6O5S. The second-order valence-electron chi connectivity index (χ2n) is 8.46. The Kier molecular flexibility index (Phi) is 6.11. The van der Waals surface area contributed by atoms with E-state index in [1.807, 2.05) is 6.92 Å². The van der Waals surface area contributed by atoms with E-state index in [0.29, 0.717) is 17.4 Å². The van der Waals surface area contributed by atoms with Crippen LogP contribution in [0, 0.1) is 5.92 Å². The van der Waals surface area contributed by atoms with Gasteiger partial charge in [-0.25, -0.2) is 4.98 Å². The summed E-state index contributed by atoms with van der Waals surface area (Å²) in [6.45, 7) is 2.02. The lowest BCUT2D eigenvalue weighted by Gasteiger charge is -2.17. The molecule has 1 unspecified atom stereocenters. The van der Waals surface area contributed by atoms with Crippen LogP contribution in [-0.2, 0) is 10.1 Å². The fraction of sp³-hybridized carbons (Fsp3) is 0.429. The van der Waals surface area contributed by atoms with Gasteiger partial charge in [0.15, 0.2) is 5.75 Å². The molecule has 1 heterocycles. The van der Waals surface area contributed by atoms with Crippen LogP contribution in [0.25, 0.3) is 0 Å². The van der Waals surface area contributed by atoms with Crippen LogP contribution in [0.2, 0.25) is 0 Å². The number of nitrogens with two attached hydrogens (primary N) is 1. The molecule has 0 radical (unpaired) electrons. The molecule has 12 heteroatoms. The molecule has 2 amide bonds. The van der Waals surface area contributed by atoms with E-state index in [-0.39, 0.29) is 34.9 Å². The van der Waals surface area contributed by atoms with Gasteiger partial charge in [0, 0.05) is 24.0 Å². The van der Waals surface area contributed by atoms with Gasteiger partial charge in [0.25, 0.3) is 11.8 Å². The number of anilines is 3. The SMILES string of the molecule is CC(Nc1nc(Nc2ccc(OS(C)(=O)=O)c(C(=O)NC3CC3)c2)ncc1C(N)=O)C1CC1. The Labute approximate surface area is 191 Å². The Morgan fingerprint density at radius 1 is 1.18 bits per heavy atom. The lowest BCUT2D eigenvalue weighted by atomic mass is 10.1. The topological polar surface area (TPSA) is 165 Å². The average Bonchev–Trinajstić information content (AvgIpc) is 3.62. The van der Waals surface area contributed by atoms with Gasteiger partial charge >= 0.3 is 10.1 Å². The molecule has 2 aromatic rings. The Morgan fingerprint density at radius 2 is 1.91 bits per heavy atom. The van der Waals surface area contributed by atoms with Crippen molar-refractivity contribution in [2.45, 2.75) is 44.7 Å². The van der Waals surface area contributed by atoms with Gasteiger partial charge in [0.2, 0.25) is 5.95 Å². The Balaban J connectivity index is 1.60. The van der Waals surface area contributed by atoms with E-state index < -0.39 is 21.9 Å². The zero-order valence-electron chi connectivity index (χ0n) is 18.3. The number of carbonyl (C=O) groups excluding carboxylic acids is 2. The van der Waals surface area contributed by atoms with Gasteiger partial charge in [0.1, 0.15) is 5.82 Å². The maximum Gasteiger partial charge on any atom is 0.306 e. The van der Waals surface area contributed by atoms with E-state index in [9.17, 15) is 18.0 Å². The number of nitrogens with zero attached hydrogens (tertiary/aromatic N) is 2. The lowest BCUT2D eigenvalue weighted by Crippen LogP contribution is -2.26. The quantitative estimate of drug-likeness (QED) is 0.375. The van der Waals surface area contributed by atoms with Crippen molar-refractivity contribution in [3.63, 3.8) is 0 Å². The minimum Gasteiger partial charge on any atom is -0.382 e. The van der Waals surface area contributed by atoms with Crippen molar-refractivity contribution in [3.05, 3.63) is 35.5 Å². The number of aromatic nitrogens is 2. The minimum atomic E-state index is -3.83. The van der Waals surface area contributed by atoms with Crippen molar-refractivity contribution in [1.82, 2.24) is 15.3 Å². The maximum absolute atomic E-state index is 12.7. The van der Waals surface area contributed by atoms with Gasteiger partial charge in [-0.3, -0.25) is 9.59 Å². The number of benzene rings is 1. The first-order valence-corrected chi connectivity index (χ1v) is 12.5. The molecule has 1 aromatic carbocycles. The first-order chi connectivity index (χ1) is 15.6. The Morgan fingerprint density at radius 3 is 2.52 bits per heavy atom. The monoisotopic (exact) mass is 474 g/mol. The molecular weight excluding hydrogens is 448 g/mol. The summed E-state index contributed by atoms with van der Waals surface area (Å²) in [6.07, 6.45) is 6.23. The molecule has 0 saturated heterocycles. The second-order valence-corrected chi connectivity index (χ2v) is 10.0. The van der Waals surface area contributed by atoms with Crippen LogP contribution in [0.3, 0.4) is 0 Å². The summed E-state index contributed by atoms with van der Waals surface area (Å²) >= 11 is 0. The van der Waals surface area contributed by atoms with Crippen LogP contribution in [0.15, 0.2) is 24.4 Å². The van der Waals surface area contributed by atoms with Gasteiger partial charge in [-0.15, -0.1) is 0 Å². The highest BCUT2D eigenvalue weighted by Gasteiger charge is 2.29. The molecule has 2 saturated carbocycles. The van der Waals surface area contributed by atoms with Crippen molar-refractivity contribution in [3.8, 4) is 5.75 Å². The van der Waals surface area contributed by atoms with Gasteiger partial charge in [-0.2, -0.15) is 13.4 Å². The Hall–Kier alpha value is -3.41. The molecule has 0 aliphatic heterocycles. The van der Waals surface area contributed by atoms with Gasteiger partial charge < -0.3 is 25.9 Å². The lowest BCUT2D eigenvalue weighted by molar-refractivity contribution is 0.0948. The van der Waals surface area contributed by atoms with Crippen molar-refractivity contribution in [2.75, 3.05) is 16.9 Å². The molecule has 176 valence electrons. The first kappa shape index (κ1) is 22.8. The largest absolute Gasteiger partial charge is 0.382 e. The summed E-state index contributed by atoms with van der Waals surface area (Å²) in [4.78, 5) is 33.0. The third-order valence-electron chi connectivity index (χ3n) is 5.38. The zero-order valence-corrected chi connectivity index (χ0v) is 19.1. The zero-order chi connectivity index (χ0) is 23.8. The average molecular weight is 475 g/mol. The summed E-state index contributed by atoms with van der Waals surface area (Å²) in [6, 6.07) is 4.59. The normalized spacial score (nSPS) is 16.5. The summed E-state index contributed by atoms with van der Waals surface area (Å²) in [7, 11) is -3.83. The van der Waals surface area contributed by atoms with Crippen molar-refractivity contribution in [2.24, 2.45) is 11.7 Å². The van der Waals surface area contributed by atoms with Crippen molar-refractivity contribution in [1.29, 1.82) is 0 Å². The number of carbonyl (C=O) groups is 2. The minimum absolute atomic E-state index is 0.0618. The predicted octanol–water partition coefficient (Wildman–Crippen LogP) is 1.76. The third-order valence-corrected chi connectivity index (χ3v) is 5.86. The fourth-order valence-electron chi connectivity index (χ4n) is 3.30. The molecule has 2 aliphatic rings. The standard InChI is InChI=1S/C21H26N6O5S/c1-11(12-3-4-12)24-19-16(18(22)28)10-23-21(27-19)26-14-7-8-17(32-33(2,30)31)15(9-14)20(29)25-13-5-6-13/h7-13H,3-6H2,1-2H3,(H2,22,28)(H,25,29)(H2,23,24,26,27). The Bertz CT molecular complexity index is 1190. The number of amides is 2. The highest BCUT2D eigenvalue weighted by atomic mass is 32.2. The number of primary amides is 1. The maximum atomic E-state index is 12.7. The van der Waals surface area contributed by atoms with E-state index >= 15 is 0 Å². The highest BCUT2D eigenvalue weighted by Crippen LogP contribution is 2.34. The number of rotatable bonds is 10. The fourth-order valence-corrected chi connectivity index (χ4v) is 3.77. The summed E-state index contributed by atoms with van der Waals surface area (Å²) in [5, 5.41) is 9.03. The van der Waals surface area contributed by atoms with Crippen molar-refractivity contribution < 1.29 is 22.2 Å². The molecule has 11 nitrogen and oxygen atoms in total. The molecule has 2 fully saturated rings. The number of nitrogens with one attached hydrogen (secondary N) is 3. The molecule has 4 rings (SSSR count). The molecule has 33 heavy (non-hydrogen) atoms. The van der Waals surface area contributed by atoms with E-state index in [0.717, 1.165) is 31.9 Å². The van der Waals surface area contributed by atoms with Crippen LogP contribution in [0.5, 0.6) is 5.75 Å². The molecule has 1 aromatic heterocycles. The summed E-state index contributed by atoms with van der Waals surface area (Å²) in [5.41, 5.74) is 6.14. The van der Waals surface area contributed by atoms with Gasteiger partial charge in [-0.1, -0.05) is 0 Å². The number of hydrogen-bond donors (Lipinski definition) is 4.